The van der Waals surface area contributed by atoms with Gasteiger partial charge in [0.15, 0.2) is 0 Å². The first-order valence-electron chi connectivity index (χ1n) is 10.7. The van der Waals surface area contributed by atoms with Gasteiger partial charge in [0.2, 0.25) is 5.91 Å². The Hall–Kier alpha value is -2.82. The van der Waals surface area contributed by atoms with Crippen LogP contribution >= 0.6 is 0 Å². The highest BCUT2D eigenvalue weighted by Crippen LogP contribution is 2.32. The van der Waals surface area contributed by atoms with Crippen LogP contribution in [0.4, 0.5) is 5.69 Å². The zero-order valence-electron chi connectivity index (χ0n) is 17.3. The molecule has 5 rings (SSSR count). The number of amides is 1. The molecule has 2 aliphatic rings. The molecule has 4 heterocycles. The summed E-state index contributed by atoms with van der Waals surface area (Å²) in [6.45, 7) is 7.99. The molecule has 5 nitrogen and oxygen atoms in total. The fourth-order valence-corrected chi connectivity index (χ4v) is 4.64. The number of imidazole rings is 1. The number of aryl methyl sites for hydroxylation is 2. The minimum absolute atomic E-state index is 0.130. The van der Waals surface area contributed by atoms with Gasteiger partial charge in [0.05, 0.1) is 11.6 Å². The van der Waals surface area contributed by atoms with E-state index < -0.39 is 0 Å². The molecule has 0 spiro atoms. The van der Waals surface area contributed by atoms with E-state index in [1.165, 1.54) is 16.8 Å². The van der Waals surface area contributed by atoms with Crippen LogP contribution in [0.25, 0.3) is 16.9 Å². The fraction of sp³-hybridized carbons (Fsp3) is 0.417. The molecule has 0 N–H and O–H groups in total. The number of rotatable bonds is 3. The van der Waals surface area contributed by atoms with E-state index in [4.69, 9.17) is 4.98 Å². The van der Waals surface area contributed by atoms with Gasteiger partial charge in [-0.05, 0) is 62.9 Å². The van der Waals surface area contributed by atoms with Crippen LogP contribution in [0.1, 0.15) is 30.5 Å². The maximum atomic E-state index is 12.7. The third-order valence-electron chi connectivity index (χ3n) is 6.55. The van der Waals surface area contributed by atoms with Crippen LogP contribution in [0, 0.1) is 19.8 Å². The first-order chi connectivity index (χ1) is 14.1. The summed E-state index contributed by atoms with van der Waals surface area (Å²) in [5, 5.41) is 0. The van der Waals surface area contributed by atoms with Crippen molar-refractivity contribution >= 4 is 17.2 Å². The monoisotopic (exact) mass is 388 g/mol. The summed E-state index contributed by atoms with van der Waals surface area (Å²) >= 11 is 0. The molecule has 0 saturated carbocycles. The third kappa shape index (κ3) is 3.18. The Bertz CT molecular complexity index is 1070. The molecule has 2 saturated heterocycles. The molecule has 2 fully saturated rings. The summed E-state index contributed by atoms with van der Waals surface area (Å²) in [6, 6.07) is 12.8. The van der Waals surface area contributed by atoms with E-state index in [0.717, 1.165) is 62.5 Å². The lowest BCUT2D eigenvalue weighted by atomic mass is 9.94. The van der Waals surface area contributed by atoms with E-state index in [0.29, 0.717) is 5.91 Å². The van der Waals surface area contributed by atoms with Crippen molar-refractivity contribution < 1.29 is 4.79 Å². The van der Waals surface area contributed by atoms with Crippen molar-refractivity contribution in [3.05, 3.63) is 53.9 Å². The lowest BCUT2D eigenvalue weighted by Crippen LogP contribution is -2.49. The van der Waals surface area contributed by atoms with E-state index in [-0.39, 0.29) is 5.92 Å². The molecule has 0 aliphatic carbocycles. The van der Waals surface area contributed by atoms with Gasteiger partial charge < -0.3 is 14.2 Å². The maximum Gasteiger partial charge on any atom is 0.227 e. The Morgan fingerprint density at radius 3 is 2.69 bits per heavy atom. The second-order valence-electron chi connectivity index (χ2n) is 8.44. The van der Waals surface area contributed by atoms with Gasteiger partial charge >= 0.3 is 0 Å². The molecule has 1 atom stereocenters. The van der Waals surface area contributed by atoms with Crippen LogP contribution in [-0.4, -0.2) is 46.4 Å². The van der Waals surface area contributed by atoms with Gasteiger partial charge in [-0.1, -0.05) is 12.1 Å². The van der Waals surface area contributed by atoms with E-state index >= 15 is 0 Å². The molecule has 2 aromatic heterocycles. The van der Waals surface area contributed by atoms with Crippen LogP contribution in [-0.2, 0) is 4.79 Å². The number of hydrogen-bond acceptors (Lipinski definition) is 3. The Kier molecular flexibility index (Phi) is 4.53. The zero-order chi connectivity index (χ0) is 20.0. The van der Waals surface area contributed by atoms with Crippen molar-refractivity contribution in [1.29, 1.82) is 0 Å². The number of aromatic nitrogens is 2. The van der Waals surface area contributed by atoms with Crippen LogP contribution in [0.5, 0.6) is 0 Å². The van der Waals surface area contributed by atoms with Gasteiger partial charge in [0.25, 0.3) is 0 Å². The van der Waals surface area contributed by atoms with E-state index in [9.17, 15) is 4.79 Å². The summed E-state index contributed by atoms with van der Waals surface area (Å²) in [6.07, 6.45) is 5.30. The summed E-state index contributed by atoms with van der Waals surface area (Å²) in [5.41, 5.74) is 6.78. The van der Waals surface area contributed by atoms with E-state index in [1.54, 1.807) is 0 Å². The average Bonchev–Trinajstić information content (AvgIpc) is 3.04. The minimum Gasteiger partial charge on any atom is -0.371 e. The second-order valence-corrected chi connectivity index (χ2v) is 8.44. The van der Waals surface area contributed by atoms with Gasteiger partial charge in [-0.3, -0.25) is 4.79 Å². The van der Waals surface area contributed by atoms with Crippen molar-refractivity contribution in [2.45, 2.75) is 33.1 Å². The number of piperidine rings is 1. The number of fused-ring (bicyclic) bond motifs is 1. The topological polar surface area (TPSA) is 40.9 Å². The number of likely N-dealkylation sites (tertiary alicyclic amines) is 1. The van der Waals surface area contributed by atoms with Crippen LogP contribution in [0.2, 0.25) is 0 Å². The molecular weight excluding hydrogens is 360 g/mol. The van der Waals surface area contributed by atoms with Crippen molar-refractivity contribution in [3.63, 3.8) is 0 Å². The van der Waals surface area contributed by atoms with Gasteiger partial charge in [0.1, 0.15) is 5.65 Å². The highest BCUT2D eigenvalue weighted by atomic mass is 16.2. The SMILES string of the molecule is Cc1ccc(N2CCCC(C(=O)N3CCC3)C2)cc1-c1nc2ccccn2c1C. The van der Waals surface area contributed by atoms with Crippen LogP contribution in [0.3, 0.4) is 0 Å². The maximum absolute atomic E-state index is 12.7. The Morgan fingerprint density at radius 1 is 1.07 bits per heavy atom. The van der Waals surface area contributed by atoms with Crippen LogP contribution < -0.4 is 4.90 Å². The Morgan fingerprint density at radius 2 is 1.93 bits per heavy atom. The molecule has 1 amide bonds. The molecule has 0 radical (unpaired) electrons. The summed E-state index contributed by atoms with van der Waals surface area (Å²) in [7, 11) is 0. The molecule has 150 valence electrons. The molecule has 3 aromatic rings. The van der Waals surface area contributed by atoms with Crippen molar-refractivity contribution in [3.8, 4) is 11.3 Å². The fourth-order valence-electron chi connectivity index (χ4n) is 4.64. The number of hydrogen-bond donors (Lipinski definition) is 0. The molecule has 1 unspecified atom stereocenters. The van der Waals surface area contributed by atoms with Gasteiger partial charge in [-0.2, -0.15) is 0 Å². The molecule has 1 aromatic carbocycles. The summed E-state index contributed by atoms with van der Waals surface area (Å²) < 4.78 is 2.14. The lowest BCUT2D eigenvalue weighted by molar-refractivity contribution is -0.139. The number of anilines is 1. The molecule has 2 aliphatic heterocycles. The predicted octanol–water partition coefficient (Wildman–Crippen LogP) is 4.07. The quantitative estimate of drug-likeness (QED) is 0.679. The number of pyridine rings is 1. The normalized spacial score (nSPS) is 19.4. The van der Waals surface area contributed by atoms with E-state index in [1.807, 2.05) is 23.1 Å². The number of benzene rings is 1. The number of carbonyl (C=O) groups excluding carboxylic acids is 1. The predicted molar refractivity (Wildman–Crippen MR) is 116 cm³/mol. The third-order valence-corrected chi connectivity index (χ3v) is 6.55. The van der Waals surface area contributed by atoms with Gasteiger partial charge in [-0.25, -0.2) is 4.98 Å². The first-order valence-corrected chi connectivity index (χ1v) is 10.7. The molecule has 0 bridgehead atoms. The molecule has 29 heavy (non-hydrogen) atoms. The number of nitrogens with zero attached hydrogens (tertiary/aromatic N) is 4. The van der Waals surface area contributed by atoms with Crippen molar-refractivity contribution in [1.82, 2.24) is 14.3 Å². The Labute approximate surface area is 172 Å². The highest BCUT2D eigenvalue weighted by Gasteiger charge is 2.31. The van der Waals surface area contributed by atoms with Crippen LogP contribution in [0.15, 0.2) is 42.6 Å². The van der Waals surface area contributed by atoms with Gasteiger partial charge in [-0.15, -0.1) is 0 Å². The largest absolute Gasteiger partial charge is 0.371 e. The summed E-state index contributed by atoms with van der Waals surface area (Å²) in [5.74, 6) is 0.482. The van der Waals surface area contributed by atoms with Gasteiger partial charge in [0, 0.05) is 49.3 Å². The van der Waals surface area contributed by atoms with E-state index in [2.05, 4.69) is 47.5 Å². The Balaban J connectivity index is 1.46. The molecular formula is C24H28N4O. The van der Waals surface area contributed by atoms with Crippen molar-refractivity contribution in [2.24, 2.45) is 5.92 Å². The lowest BCUT2D eigenvalue weighted by Gasteiger charge is -2.39. The molecule has 5 heteroatoms. The standard InChI is InChI=1S/C24H28N4O/c1-17-9-10-20(27-11-5-7-19(16-27)24(29)26-12-6-13-26)15-21(17)23-18(2)28-14-4-3-8-22(28)25-23/h3-4,8-10,14-15,19H,5-7,11-13,16H2,1-2H3. The van der Waals surface area contributed by atoms with Crippen molar-refractivity contribution in [2.75, 3.05) is 31.1 Å². The minimum atomic E-state index is 0.130. The first kappa shape index (κ1) is 18.2. The average molecular weight is 389 g/mol. The second kappa shape index (κ2) is 7.21. The summed E-state index contributed by atoms with van der Waals surface area (Å²) in [4.78, 5) is 22.0. The smallest absolute Gasteiger partial charge is 0.227 e. The zero-order valence-corrected chi connectivity index (χ0v) is 17.3. The number of carbonyl (C=O) groups is 1. The highest BCUT2D eigenvalue weighted by molar-refractivity contribution is 5.81.